The molecule has 6 rings (SSSR count). The fourth-order valence-corrected chi connectivity index (χ4v) is 8.82. The van der Waals surface area contributed by atoms with Gasteiger partial charge < -0.3 is 14.2 Å². The van der Waals surface area contributed by atoms with E-state index in [2.05, 4.69) is 13.8 Å². The third kappa shape index (κ3) is 2.32. The van der Waals surface area contributed by atoms with Crippen molar-refractivity contribution in [1.29, 1.82) is 0 Å². The van der Waals surface area contributed by atoms with E-state index < -0.39 is 0 Å². The summed E-state index contributed by atoms with van der Waals surface area (Å²) in [6, 6.07) is 0. The predicted molar refractivity (Wildman–Crippen MR) is 114 cm³/mol. The first-order chi connectivity index (χ1) is 15.2. The molecular formula is C26H32O6. The fourth-order valence-electron chi connectivity index (χ4n) is 8.82. The van der Waals surface area contributed by atoms with E-state index in [-0.39, 0.29) is 57.7 Å². The molecule has 0 radical (unpaired) electrons. The standard InChI is InChI=1S/C26H32O6/c1-23-9-6-17(27)13-16(23)12-15(4-5-20(28)30-3)22-18-7-10-25(11-8-21(29)32-25)24(18,2)14-19-26(22,23)31-19/h4-5,13,15,18-19,22H,6-12,14H2,1-3H3/b5-4+/t15-,18?,19+,22?,23+,24+,25-,26?/m1/s1. The Balaban J connectivity index is 1.46. The van der Waals surface area contributed by atoms with Crippen LogP contribution in [0.1, 0.15) is 65.2 Å². The summed E-state index contributed by atoms with van der Waals surface area (Å²) >= 11 is 0. The maximum Gasteiger partial charge on any atom is 0.330 e. The highest BCUT2D eigenvalue weighted by Gasteiger charge is 2.82. The Morgan fingerprint density at radius 2 is 2.00 bits per heavy atom. The number of esters is 2. The zero-order valence-electron chi connectivity index (χ0n) is 19.1. The van der Waals surface area contributed by atoms with Crippen LogP contribution < -0.4 is 0 Å². The van der Waals surface area contributed by atoms with Crippen molar-refractivity contribution in [2.75, 3.05) is 7.11 Å². The van der Waals surface area contributed by atoms with Crippen LogP contribution in [0, 0.1) is 28.6 Å². The molecule has 0 N–H and O–H groups in total. The lowest BCUT2D eigenvalue weighted by molar-refractivity contribution is -0.165. The maximum absolute atomic E-state index is 12.3. The van der Waals surface area contributed by atoms with Crippen molar-refractivity contribution < 1.29 is 28.6 Å². The van der Waals surface area contributed by atoms with E-state index in [1.807, 2.05) is 12.2 Å². The third-order valence-electron chi connectivity index (χ3n) is 10.4. The molecule has 5 fully saturated rings. The minimum atomic E-state index is -0.386. The minimum absolute atomic E-state index is 0.0748. The van der Waals surface area contributed by atoms with Gasteiger partial charge in [0.1, 0.15) is 11.2 Å². The number of rotatable bonds is 2. The summed E-state index contributed by atoms with van der Waals surface area (Å²) in [5, 5.41) is 0. The summed E-state index contributed by atoms with van der Waals surface area (Å²) in [5.41, 5.74) is 0.198. The molecule has 2 heterocycles. The van der Waals surface area contributed by atoms with Crippen LogP contribution in [0.15, 0.2) is 23.8 Å². The van der Waals surface area contributed by atoms with Gasteiger partial charge in [-0.3, -0.25) is 9.59 Å². The molecule has 3 saturated carbocycles. The molecule has 0 bridgehead atoms. The normalized spacial score (nSPS) is 50.9. The number of ether oxygens (including phenoxy) is 3. The Hall–Kier alpha value is -1.95. The molecule has 2 saturated heterocycles. The van der Waals surface area contributed by atoms with Crippen molar-refractivity contribution in [3.05, 3.63) is 23.8 Å². The van der Waals surface area contributed by atoms with Crippen LogP contribution in [-0.2, 0) is 28.6 Å². The smallest absolute Gasteiger partial charge is 0.330 e. The van der Waals surface area contributed by atoms with Gasteiger partial charge in [-0.1, -0.05) is 25.5 Å². The summed E-state index contributed by atoms with van der Waals surface area (Å²) < 4.78 is 17.7. The molecule has 172 valence electrons. The molecule has 6 heteroatoms. The average molecular weight is 441 g/mol. The molecular weight excluding hydrogens is 408 g/mol. The minimum Gasteiger partial charge on any atom is -0.466 e. The molecule has 2 aliphatic heterocycles. The first kappa shape index (κ1) is 20.6. The van der Waals surface area contributed by atoms with Crippen molar-refractivity contribution in [2.24, 2.45) is 28.6 Å². The Morgan fingerprint density at radius 3 is 2.72 bits per heavy atom. The zero-order chi connectivity index (χ0) is 22.5. The number of epoxide rings is 1. The Labute approximate surface area is 188 Å². The number of hydrogen-bond donors (Lipinski definition) is 0. The van der Waals surface area contributed by atoms with Crippen LogP contribution in [0.2, 0.25) is 0 Å². The maximum atomic E-state index is 12.3. The van der Waals surface area contributed by atoms with Crippen LogP contribution in [-0.4, -0.2) is 42.1 Å². The average Bonchev–Trinajstić information content (AvgIpc) is 3.24. The number of fused-ring (bicyclic) bond motifs is 4. The monoisotopic (exact) mass is 440 g/mol. The highest BCUT2D eigenvalue weighted by molar-refractivity contribution is 5.92. The predicted octanol–water partition coefficient (Wildman–Crippen LogP) is 3.68. The van der Waals surface area contributed by atoms with Gasteiger partial charge >= 0.3 is 11.9 Å². The summed E-state index contributed by atoms with van der Waals surface area (Å²) in [6.07, 6.45) is 11.7. The molecule has 3 unspecified atom stereocenters. The number of carbonyl (C=O) groups excluding carboxylic acids is 3. The molecule has 0 aromatic heterocycles. The third-order valence-corrected chi connectivity index (χ3v) is 10.4. The van der Waals surface area contributed by atoms with Crippen molar-refractivity contribution in [3.63, 3.8) is 0 Å². The van der Waals surface area contributed by atoms with E-state index in [0.29, 0.717) is 18.8 Å². The van der Waals surface area contributed by atoms with Crippen molar-refractivity contribution in [1.82, 2.24) is 0 Å². The first-order valence-corrected chi connectivity index (χ1v) is 12.1. The van der Waals surface area contributed by atoms with Crippen molar-refractivity contribution in [2.45, 2.75) is 82.5 Å². The number of carbonyl (C=O) groups is 3. The van der Waals surface area contributed by atoms with Gasteiger partial charge in [0.05, 0.1) is 13.2 Å². The second-order valence-corrected chi connectivity index (χ2v) is 11.4. The Bertz CT molecular complexity index is 981. The van der Waals surface area contributed by atoms with Gasteiger partial charge in [0, 0.05) is 35.7 Å². The summed E-state index contributed by atoms with van der Waals surface area (Å²) in [6.45, 7) is 4.61. The lowest BCUT2D eigenvalue weighted by Crippen LogP contribution is -2.62. The van der Waals surface area contributed by atoms with E-state index in [1.54, 1.807) is 0 Å². The number of allylic oxidation sites excluding steroid dienone is 1. The molecule has 4 aliphatic carbocycles. The largest absolute Gasteiger partial charge is 0.466 e. The second kappa shape index (κ2) is 6.34. The van der Waals surface area contributed by atoms with Gasteiger partial charge in [-0.05, 0) is 56.4 Å². The molecule has 0 amide bonds. The molecule has 2 spiro atoms. The van der Waals surface area contributed by atoms with Crippen LogP contribution >= 0.6 is 0 Å². The molecule has 32 heavy (non-hydrogen) atoms. The zero-order valence-corrected chi connectivity index (χ0v) is 19.1. The number of hydrogen-bond acceptors (Lipinski definition) is 6. The SMILES string of the molecule is COC(=O)/C=C/[C@@H]1CC2=CC(=O)CC[C@]2(C)C23O[C@H]2C[C@@]2(C)C(CC[C@@]24CCC(=O)O4)C13. The highest BCUT2D eigenvalue weighted by atomic mass is 16.6. The van der Waals surface area contributed by atoms with Gasteiger partial charge in [0.25, 0.3) is 0 Å². The van der Waals surface area contributed by atoms with E-state index in [1.165, 1.54) is 18.8 Å². The fraction of sp³-hybridized carbons (Fsp3) is 0.731. The van der Waals surface area contributed by atoms with Crippen molar-refractivity contribution in [3.8, 4) is 0 Å². The Kier molecular flexibility index (Phi) is 4.09. The van der Waals surface area contributed by atoms with Gasteiger partial charge in [0.15, 0.2) is 5.78 Å². The van der Waals surface area contributed by atoms with Crippen LogP contribution in [0.5, 0.6) is 0 Å². The van der Waals surface area contributed by atoms with Gasteiger partial charge in [-0.2, -0.15) is 0 Å². The Morgan fingerprint density at radius 1 is 1.19 bits per heavy atom. The lowest BCUT2D eigenvalue weighted by Gasteiger charge is -2.58. The second-order valence-electron chi connectivity index (χ2n) is 11.4. The van der Waals surface area contributed by atoms with Crippen LogP contribution in [0.4, 0.5) is 0 Å². The van der Waals surface area contributed by atoms with E-state index in [9.17, 15) is 14.4 Å². The molecule has 0 aromatic carbocycles. The quantitative estimate of drug-likeness (QED) is 0.370. The molecule has 0 aromatic rings. The van der Waals surface area contributed by atoms with Crippen LogP contribution in [0.25, 0.3) is 0 Å². The molecule has 6 aliphatic rings. The summed E-state index contributed by atoms with van der Waals surface area (Å²) in [7, 11) is 1.39. The first-order valence-electron chi connectivity index (χ1n) is 12.1. The van der Waals surface area contributed by atoms with Crippen LogP contribution in [0.3, 0.4) is 0 Å². The van der Waals surface area contributed by atoms with Gasteiger partial charge in [-0.15, -0.1) is 0 Å². The van der Waals surface area contributed by atoms with Gasteiger partial charge in [-0.25, -0.2) is 4.79 Å². The molecule has 6 nitrogen and oxygen atoms in total. The highest BCUT2D eigenvalue weighted by Crippen LogP contribution is 2.78. The lowest BCUT2D eigenvalue weighted by atomic mass is 9.43. The van der Waals surface area contributed by atoms with Gasteiger partial charge in [0.2, 0.25) is 0 Å². The van der Waals surface area contributed by atoms with E-state index in [4.69, 9.17) is 14.2 Å². The number of methoxy groups -OCH3 is 1. The topological polar surface area (TPSA) is 82.2 Å². The summed E-state index contributed by atoms with van der Waals surface area (Å²) in [4.78, 5) is 36.5. The van der Waals surface area contributed by atoms with E-state index >= 15 is 0 Å². The molecule has 8 atom stereocenters. The van der Waals surface area contributed by atoms with Crippen molar-refractivity contribution >= 4 is 17.7 Å². The number of ketones is 1. The van der Waals surface area contributed by atoms with E-state index in [0.717, 1.165) is 38.5 Å². The summed E-state index contributed by atoms with van der Waals surface area (Å²) in [5.74, 6) is 0.408.